The molecule has 1 aliphatic heterocycles. The lowest BCUT2D eigenvalue weighted by Gasteiger charge is -2.39. The van der Waals surface area contributed by atoms with Crippen molar-refractivity contribution in [3.05, 3.63) is 12.2 Å². The Bertz CT molecular complexity index is 943. The first-order valence-electron chi connectivity index (χ1n) is 23.8. The molecule has 1 saturated heterocycles. The van der Waals surface area contributed by atoms with Crippen LogP contribution in [0.2, 0.25) is 0 Å². The van der Waals surface area contributed by atoms with Gasteiger partial charge >= 0.3 is 11.9 Å². The quantitative estimate of drug-likeness (QED) is 0.0267. The van der Waals surface area contributed by atoms with Crippen molar-refractivity contribution in [2.75, 3.05) is 19.8 Å². The van der Waals surface area contributed by atoms with E-state index in [0.717, 1.165) is 38.5 Å². The molecule has 0 aromatic rings. The number of esters is 2. The van der Waals surface area contributed by atoms with Crippen molar-refractivity contribution in [3.8, 4) is 0 Å². The first-order chi connectivity index (χ1) is 27.8. The van der Waals surface area contributed by atoms with Gasteiger partial charge in [0, 0.05) is 12.8 Å². The molecule has 0 aromatic heterocycles. The van der Waals surface area contributed by atoms with E-state index < -0.39 is 49.4 Å². The van der Waals surface area contributed by atoms with Crippen LogP contribution in [0, 0.1) is 0 Å². The van der Waals surface area contributed by atoms with Gasteiger partial charge in [0.25, 0.3) is 0 Å². The normalized spacial score (nSPS) is 20.3. The van der Waals surface area contributed by atoms with E-state index in [1.807, 2.05) is 0 Å². The summed E-state index contributed by atoms with van der Waals surface area (Å²) in [5.74, 6) is -0.794. The fourth-order valence-corrected chi connectivity index (χ4v) is 7.35. The standard InChI is InChI=1S/C47H88O10/c1-3-5-7-9-11-13-15-17-18-19-20-21-22-24-25-27-29-31-33-35-42(49)54-38-40(39-55-47-46(53)45(52)44(51)41(37-48)57-47)56-43(50)36-34-32-30-28-26-23-16-14-12-10-8-6-4-2/h9,11,40-41,44-48,51-53H,3-8,10,12-39H2,1-2H3/b11-9-/t40-,41-,44+,45+,46-,47-/m1/s1. The van der Waals surface area contributed by atoms with E-state index in [1.54, 1.807) is 0 Å². The van der Waals surface area contributed by atoms with E-state index in [1.165, 1.54) is 148 Å². The summed E-state index contributed by atoms with van der Waals surface area (Å²) in [6.07, 6.45) is 33.6. The lowest BCUT2D eigenvalue weighted by molar-refractivity contribution is -0.305. The summed E-state index contributed by atoms with van der Waals surface area (Å²) in [7, 11) is 0. The molecule has 1 rings (SSSR count). The highest BCUT2D eigenvalue weighted by molar-refractivity contribution is 5.70. The molecule has 0 saturated carbocycles. The highest BCUT2D eigenvalue weighted by Gasteiger charge is 2.44. The Kier molecular flexibility index (Phi) is 36.2. The number of hydrogen-bond donors (Lipinski definition) is 4. The Labute approximate surface area is 348 Å². The summed E-state index contributed by atoms with van der Waals surface area (Å²) in [5.41, 5.74) is 0. The second-order valence-corrected chi connectivity index (χ2v) is 16.6. The lowest BCUT2D eigenvalue weighted by atomic mass is 9.99. The Morgan fingerprint density at radius 2 is 0.947 bits per heavy atom. The summed E-state index contributed by atoms with van der Waals surface area (Å²) in [5, 5.41) is 40.1. The average molecular weight is 813 g/mol. The summed E-state index contributed by atoms with van der Waals surface area (Å²) < 4.78 is 22.2. The van der Waals surface area contributed by atoms with E-state index in [9.17, 15) is 30.0 Å². The monoisotopic (exact) mass is 813 g/mol. The summed E-state index contributed by atoms with van der Waals surface area (Å²) in [4.78, 5) is 25.3. The predicted molar refractivity (Wildman–Crippen MR) is 229 cm³/mol. The third kappa shape index (κ3) is 30.2. The summed E-state index contributed by atoms with van der Waals surface area (Å²) in [6, 6.07) is 0. The molecule has 1 aliphatic rings. The first-order valence-corrected chi connectivity index (χ1v) is 23.8. The minimum absolute atomic E-state index is 0.211. The average Bonchev–Trinajstić information content (AvgIpc) is 3.21. The van der Waals surface area contributed by atoms with Crippen LogP contribution in [0.5, 0.6) is 0 Å². The summed E-state index contributed by atoms with van der Waals surface area (Å²) >= 11 is 0. The fourth-order valence-electron chi connectivity index (χ4n) is 7.35. The number of aliphatic hydroxyl groups is 4. The van der Waals surface area contributed by atoms with Crippen LogP contribution in [-0.2, 0) is 28.5 Å². The van der Waals surface area contributed by atoms with Gasteiger partial charge in [-0.25, -0.2) is 0 Å². The van der Waals surface area contributed by atoms with Crippen molar-refractivity contribution >= 4 is 11.9 Å². The summed E-state index contributed by atoms with van der Waals surface area (Å²) in [6.45, 7) is 3.42. The number of allylic oxidation sites excluding steroid dienone is 2. The van der Waals surface area contributed by atoms with Gasteiger partial charge < -0.3 is 39.4 Å². The van der Waals surface area contributed by atoms with Gasteiger partial charge in [-0.05, 0) is 32.1 Å². The van der Waals surface area contributed by atoms with Gasteiger partial charge in [0.1, 0.15) is 31.0 Å². The second kappa shape index (κ2) is 38.6. The molecular weight excluding hydrogens is 725 g/mol. The van der Waals surface area contributed by atoms with Gasteiger partial charge in [-0.15, -0.1) is 0 Å². The highest BCUT2D eigenvalue weighted by atomic mass is 16.7. The van der Waals surface area contributed by atoms with Crippen LogP contribution >= 0.6 is 0 Å². The smallest absolute Gasteiger partial charge is 0.306 e. The molecule has 10 heteroatoms. The zero-order valence-corrected chi connectivity index (χ0v) is 36.6. The van der Waals surface area contributed by atoms with Crippen LogP contribution in [0.25, 0.3) is 0 Å². The van der Waals surface area contributed by atoms with Gasteiger partial charge in [0.2, 0.25) is 0 Å². The molecule has 57 heavy (non-hydrogen) atoms. The minimum atomic E-state index is -1.59. The Hall–Kier alpha value is -1.56. The maximum Gasteiger partial charge on any atom is 0.306 e. The SMILES string of the molecule is CCCC/C=C\CCCCCCCCCCCCCCCC(=O)OC[C@H](CO[C@@H]1O[C@H](CO)[C@H](O)[C@H](O)[C@H]1O)OC(=O)CCCCCCCCCCCCCCC. The molecule has 0 bridgehead atoms. The van der Waals surface area contributed by atoms with Crippen molar-refractivity contribution < 1.29 is 49.0 Å². The largest absolute Gasteiger partial charge is 0.462 e. The van der Waals surface area contributed by atoms with Crippen molar-refractivity contribution in [2.24, 2.45) is 0 Å². The van der Waals surface area contributed by atoms with E-state index in [-0.39, 0.29) is 32.0 Å². The number of unbranched alkanes of at least 4 members (excludes halogenated alkanes) is 27. The Morgan fingerprint density at radius 1 is 0.526 bits per heavy atom. The molecule has 6 atom stereocenters. The van der Waals surface area contributed by atoms with E-state index >= 15 is 0 Å². The van der Waals surface area contributed by atoms with Crippen LogP contribution in [0.4, 0.5) is 0 Å². The Balaban J connectivity index is 2.26. The molecule has 0 aromatic carbocycles. The third-order valence-electron chi connectivity index (χ3n) is 11.2. The molecule has 1 fully saturated rings. The van der Waals surface area contributed by atoms with Crippen LogP contribution in [0.1, 0.15) is 219 Å². The molecule has 0 amide bonds. The maximum atomic E-state index is 12.8. The van der Waals surface area contributed by atoms with Crippen molar-refractivity contribution in [2.45, 2.75) is 256 Å². The van der Waals surface area contributed by atoms with Gasteiger partial charge in [0.05, 0.1) is 13.2 Å². The van der Waals surface area contributed by atoms with Crippen LogP contribution in [0.15, 0.2) is 12.2 Å². The molecule has 0 radical (unpaired) electrons. The van der Waals surface area contributed by atoms with Gasteiger partial charge in [-0.2, -0.15) is 0 Å². The van der Waals surface area contributed by atoms with Crippen LogP contribution in [0.3, 0.4) is 0 Å². The van der Waals surface area contributed by atoms with Crippen molar-refractivity contribution in [1.29, 1.82) is 0 Å². The third-order valence-corrected chi connectivity index (χ3v) is 11.2. The minimum Gasteiger partial charge on any atom is -0.462 e. The number of rotatable bonds is 40. The van der Waals surface area contributed by atoms with Gasteiger partial charge in [0.15, 0.2) is 12.4 Å². The number of ether oxygens (including phenoxy) is 4. The number of carbonyl (C=O) groups excluding carboxylic acids is 2. The zero-order valence-electron chi connectivity index (χ0n) is 36.6. The fraction of sp³-hybridized carbons (Fsp3) is 0.915. The van der Waals surface area contributed by atoms with Gasteiger partial charge in [-0.1, -0.05) is 187 Å². The molecule has 0 unspecified atom stereocenters. The Morgan fingerprint density at radius 3 is 1.42 bits per heavy atom. The number of carbonyl (C=O) groups is 2. The number of hydrogen-bond acceptors (Lipinski definition) is 10. The molecule has 336 valence electrons. The lowest BCUT2D eigenvalue weighted by Crippen LogP contribution is -2.59. The highest BCUT2D eigenvalue weighted by Crippen LogP contribution is 2.23. The topological polar surface area (TPSA) is 152 Å². The predicted octanol–water partition coefficient (Wildman–Crippen LogP) is 10.3. The molecule has 1 heterocycles. The molecular formula is C47H88O10. The van der Waals surface area contributed by atoms with Crippen LogP contribution < -0.4 is 0 Å². The van der Waals surface area contributed by atoms with Crippen LogP contribution in [-0.4, -0.2) is 89.0 Å². The molecule has 4 N–H and O–H groups in total. The first kappa shape index (κ1) is 53.5. The molecule has 0 spiro atoms. The zero-order chi connectivity index (χ0) is 41.6. The van der Waals surface area contributed by atoms with Crippen molar-refractivity contribution in [1.82, 2.24) is 0 Å². The molecule has 0 aliphatic carbocycles. The number of aliphatic hydroxyl groups excluding tert-OH is 4. The second-order valence-electron chi connectivity index (χ2n) is 16.6. The molecule has 10 nitrogen and oxygen atoms in total. The van der Waals surface area contributed by atoms with Gasteiger partial charge in [-0.3, -0.25) is 9.59 Å². The van der Waals surface area contributed by atoms with E-state index in [4.69, 9.17) is 18.9 Å². The van der Waals surface area contributed by atoms with E-state index in [2.05, 4.69) is 26.0 Å². The maximum absolute atomic E-state index is 12.8. The van der Waals surface area contributed by atoms with E-state index in [0.29, 0.717) is 6.42 Å². The van der Waals surface area contributed by atoms with Crippen molar-refractivity contribution in [3.63, 3.8) is 0 Å².